The molecule has 1 nitrogen and oxygen atoms in total. The molecular weight excluding hydrogens is 327 g/mol. The highest BCUT2D eigenvalue weighted by atomic mass is 35.5. The fourth-order valence-electron chi connectivity index (χ4n) is 4.83. The van der Waals surface area contributed by atoms with Crippen LogP contribution in [0.1, 0.15) is 50.7 Å². The van der Waals surface area contributed by atoms with Crippen LogP contribution >= 0.6 is 34.8 Å². The molecule has 0 aliphatic heterocycles. The van der Waals surface area contributed by atoms with Crippen LogP contribution in [0.15, 0.2) is 6.07 Å². The highest BCUT2D eigenvalue weighted by Crippen LogP contribution is 2.58. The van der Waals surface area contributed by atoms with Gasteiger partial charge in [0.15, 0.2) is 0 Å². The minimum atomic E-state index is -0.0106. The van der Waals surface area contributed by atoms with Crippen LogP contribution in [0.2, 0.25) is 15.1 Å². The molecule has 0 bridgehead atoms. The van der Waals surface area contributed by atoms with Crippen molar-refractivity contribution in [2.75, 3.05) is 6.61 Å². The molecule has 1 N–H and O–H groups in total. The van der Waals surface area contributed by atoms with Gasteiger partial charge in [-0.25, -0.2) is 0 Å². The summed E-state index contributed by atoms with van der Waals surface area (Å²) < 4.78 is 0. The Kier molecular flexibility index (Phi) is 4.02. The van der Waals surface area contributed by atoms with Crippen LogP contribution in [-0.2, 0) is 11.8 Å². The zero-order valence-corrected chi connectivity index (χ0v) is 14.7. The number of aliphatic hydroxyl groups is 1. The van der Waals surface area contributed by atoms with Gasteiger partial charge in [0.25, 0.3) is 0 Å². The van der Waals surface area contributed by atoms with Crippen LogP contribution < -0.4 is 0 Å². The van der Waals surface area contributed by atoms with Gasteiger partial charge in [0.2, 0.25) is 0 Å². The quantitative estimate of drug-likeness (QED) is 0.651. The Labute approximate surface area is 141 Å². The maximum Gasteiger partial charge on any atom is 0.0781 e. The number of hydrogen-bond acceptors (Lipinski definition) is 1. The van der Waals surface area contributed by atoms with E-state index in [0.29, 0.717) is 21.0 Å². The van der Waals surface area contributed by atoms with Crippen molar-refractivity contribution in [2.45, 2.75) is 51.4 Å². The van der Waals surface area contributed by atoms with Gasteiger partial charge in [0.05, 0.1) is 15.1 Å². The summed E-state index contributed by atoms with van der Waals surface area (Å²) in [6, 6.07) is 2.01. The SMILES string of the molecule is C[C@@]1(CO)CCC[C@]2(C)c3cc(Cl)c(Cl)c(Cl)c3CCC12. The van der Waals surface area contributed by atoms with E-state index in [0.717, 1.165) is 37.7 Å². The average molecular weight is 348 g/mol. The van der Waals surface area contributed by atoms with Crippen LogP contribution in [-0.4, -0.2) is 11.7 Å². The third-order valence-corrected chi connectivity index (χ3v) is 7.28. The molecule has 0 heterocycles. The van der Waals surface area contributed by atoms with Crippen LogP contribution in [0.4, 0.5) is 0 Å². The predicted molar refractivity (Wildman–Crippen MR) is 89.7 cm³/mol. The molecule has 0 radical (unpaired) electrons. The summed E-state index contributed by atoms with van der Waals surface area (Å²) in [5.74, 6) is 0.463. The summed E-state index contributed by atoms with van der Waals surface area (Å²) in [5.41, 5.74) is 2.43. The van der Waals surface area contributed by atoms with Crippen molar-refractivity contribution in [1.29, 1.82) is 0 Å². The average Bonchev–Trinajstić information content (AvgIpc) is 2.45. The zero-order chi connectivity index (χ0) is 15.4. The lowest BCUT2D eigenvalue weighted by molar-refractivity contribution is -0.0178. The monoisotopic (exact) mass is 346 g/mol. The Balaban J connectivity index is 2.18. The van der Waals surface area contributed by atoms with Gasteiger partial charge in [0, 0.05) is 6.61 Å². The molecule has 21 heavy (non-hydrogen) atoms. The van der Waals surface area contributed by atoms with E-state index in [1.165, 1.54) is 5.56 Å². The van der Waals surface area contributed by atoms with Crippen molar-refractivity contribution in [2.24, 2.45) is 11.3 Å². The molecule has 1 fully saturated rings. The third-order valence-electron chi connectivity index (χ3n) is 5.98. The Bertz CT molecular complexity index is 586. The van der Waals surface area contributed by atoms with Gasteiger partial charge in [-0.1, -0.05) is 55.1 Å². The Morgan fingerprint density at radius 1 is 1.19 bits per heavy atom. The van der Waals surface area contributed by atoms with Gasteiger partial charge in [-0.3, -0.25) is 0 Å². The molecule has 0 saturated heterocycles. The molecule has 1 aromatic carbocycles. The minimum absolute atomic E-state index is 0.0106. The third kappa shape index (κ3) is 2.24. The van der Waals surface area contributed by atoms with E-state index in [2.05, 4.69) is 13.8 Å². The smallest absolute Gasteiger partial charge is 0.0781 e. The number of aliphatic hydroxyl groups excluding tert-OH is 1. The first-order valence-corrected chi connectivity index (χ1v) is 8.74. The molecule has 1 aromatic rings. The first-order chi connectivity index (χ1) is 9.83. The number of hydrogen-bond donors (Lipinski definition) is 1. The summed E-state index contributed by atoms with van der Waals surface area (Å²) in [5, 5.41) is 11.6. The molecule has 1 unspecified atom stereocenters. The second kappa shape index (κ2) is 5.30. The molecule has 116 valence electrons. The highest BCUT2D eigenvalue weighted by molar-refractivity contribution is 6.48. The van der Waals surface area contributed by atoms with Gasteiger partial charge in [-0.2, -0.15) is 0 Å². The zero-order valence-electron chi connectivity index (χ0n) is 12.5. The number of rotatable bonds is 1. The van der Waals surface area contributed by atoms with Gasteiger partial charge >= 0.3 is 0 Å². The van der Waals surface area contributed by atoms with Crippen LogP contribution in [0.25, 0.3) is 0 Å². The van der Waals surface area contributed by atoms with Gasteiger partial charge in [-0.05, 0) is 59.6 Å². The van der Waals surface area contributed by atoms with Gasteiger partial charge < -0.3 is 5.11 Å². The van der Waals surface area contributed by atoms with Crippen molar-refractivity contribution in [3.8, 4) is 0 Å². The largest absolute Gasteiger partial charge is 0.396 e. The summed E-state index contributed by atoms with van der Waals surface area (Å²) in [7, 11) is 0. The van der Waals surface area contributed by atoms with Gasteiger partial charge in [-0.15, -0.1) is 0 Å². The minimum Gasteiger partial charge on any atom is -0.396 e. The standard InChI is InChI=1S/C17H21Cl3O/c1-16(9-21)6-3-7-17(2)11-8-12(18)15(20)14(19)10(11)4-5-13(16)17/h8,13,21H,3-7,9H2,1-2H3/t13?,16-,17+/m0/s1. The fraction of sp³-hybridized carbons (Fsp3) is 0.647. The molecule has 2 aliphatic carbocycles. The summed E-state index contributed by atoms with van der Waals surface area (Å²) >= 11 is 18.9. The van der Waals surface area contributed by atoms with E-state index < -0.39 is 0 Å². The highest BCUT2D eigenvalue weighted by Gasteiger charge is 2.52. The van der Waals surface area contributed by atoms with E-state index in [1.807, 2.05) is 6.07 Å². The van der Waals surface area contributed by atoms with Crippen LogP contribution in [0.3, 0.4) is 0 Å². The molecular formula is C17H21Cl3O. The molecule has 0 aromatic heterocycles. The molecule has 4 heteroatoms. The van der Waals surface area contributed by atoms with E-state index in [-0.39, 0.29) is 17.4 Å². The maximum atomic E-state index is 9.93. The number of benzene rings is 1. The van der Waals surface area contributed by atoms with Crippen molar-refractivity contribution < 1.29 is 5.11 Å². The second-order valence-electron chi connectivity index (χ2n) is 7.19. The maximum absolute atomic E-state index is 9.93. The first kappa shape index (κ1) is 15.9. The van der Waals surface area contributed by atoms with E-state index in [9.17, 15) is 5.11 Å². The molecule has 1 saturated carbocycles. The summed E-state index contributed by atoms with van der Waals surface area (Å²) in [6.07, 6.45) is 5.31. The van der Waals surface area contributed by atoms with Crippen LogP contribution in [0.5, 0.6) is 0 Å². The van der Waals surface area contributed by atoms with E-state index in [1.54, 1.807) is 0 Å². The molecule has 3 rings (SSSR count). The number of halogens is 3. The normalized spacial score (nSPS) is 35.2. The fourth-order valence-corrected chi connectivity index (χ4v) is 5.55. The predicted octanol–water partition coefficient (Wildman–Crippen LogP) is 5.65. The number of fused-ring (bicyclic) bond motifs is 3. The molecule has 3 atom stereocenters. The van der Waals surface area contributed by atoms with Crippen molar-refractivity contribution >= 4 is 34.8 Å². The first-order valence-electron chi connectivity index (χ1n) is 7.61. The Morgan fingerprint density at radius 3 is 2.57 bits per heavy atom. The lowest BCUT2D eigenvalue weighted by Gasteiger charge is -2.55. The van der Waals surface area contributed by atoms with Crippen molar-refractivity contribution in [1.82, 2.24) is 0 Å². The van der Waals surface area contributed by atoms with Crippen LogP contribution in [0, 0.1) is 11.3 Å². The van der Waals surface area contributed by atoms with E-state index >= 15 is 0 Å². The summed E-state index contributed by atoms with van der Waals surface area (Å²) in [4.78, 5) is 0. The Hall–Kier alpha value is 0.0500. The lowest BCUT2D eigenvalue weighted by atomic mass is 9.50. The Morgan fingerprint density at radius 2 is 1.90 bits per heavy atom. The topological polar surface area (TPSA) is 20.2 Å². The second-order valence-corrected chi connectivity index (χ2v) is 8.35. The van der Waals surface area contributed by atoms with Crippen molar-refractivity contribution in [3.63, 3.8) is 0 Å². The molecule has 0 spiro atoms. The van der Waals surface area contributed by atoms with Gasteiger partial charge in [0.1, 0.15) is 0 Å². The lowest BCUT2D eigenvalue weighted by Crippen LogP contribution is -2.50. The molecule has 0 amide bonds. The van der Waals surface area contributed by atoms with E-state index in [4.69, 9.17) is 34.8 Å². The summed E-state index contributed by atoms with van der Waals surface area (Å²) in [6.45, 7) is 4.78. The molecule has 2 aliphatic rings. The van der Waals surface area contributed by atoms with Crippen molar-refractivity contribution in [3.05, 3.63) is 32.3 Å².